The molecule has 0 aliphatic carbocycles. The lowest BCUT2D eigenvalue weighted by Gasteiger charge is -2.37. The largest absolute Gasteiger partial charge is 0.467 e. The minimum atomic E-state index is -1.30. The van der Waals surface area contributed by atoms with E-state index in [1.54, 1.807) is 0 Å². The van der Waals surface area contributed by atoms with Crippen LogP contribution in [0.2, 0.25) is 0 Å². The predicted octanol–water partition coefficient (Wildman–Crippen LogP) is 4.48. The molecule has 2 N–H and O–H groups in total. The zero-order valence-electron chi connectivity index (χ0n) is 15.8. The zero-order chi connectivity index (χ0) is 20.7. The molecule has 3 aromatic rings. The summed E-state index contributed by atoms with van der Waals surface area (Å²) in [4.78, 5) is 23.8. The lowest BCUT2D eigenvalue weighted by atomic mass is 9.84. The van der Waals surface area contributed by atoms with Crippen molar-refractivity contribution in [3.8, 4) is 0 Å². The van der Waals surface area contributed by atoms with Crippen LogP contribution >= 0.6 is 11.8 Å². The summed E-state index contributed by atoms with van der Waals surface area (Å²) in [5.74, 6) is -0.662. The summed E-state index contributed by atoms with van der Waals surface area (Å²) in [5, 5.41) is 10.5. The molecule has 3 aromatic carbocycles. The van der Waals surface area contributed by atoms with Crippen molar-refractivity contribution in [2.45, 2.75) is 10.1 Å². The number of rotatable bonds is 7. The van der Waals surface area contributed by atoms with Crippen LogP contribution in [0.15, 0.2) is 91.0 Å². The van der Waals surface area contributed by atoms with Gasteiger partial charge >= 0.3 is 12.1 Å². The van der Waals surface area contributed by atoms with E-state index in [1.165, 1.54) is 18.9 Å². The first-order valence-corrected chi connectivity index (χ1v) is 9.87. The van der Waals surface area contributed by atoms with Crippen LogP contribution in [0.3, 0.4) is 0 Å². The van der Waals surface area contributed by atoms with Crippen molar-refractivity contribution in [3.05, 3.63) is 108 Å². The summed E-state index contributed by atoms with van der Waals surface area (Å²) in [6, 6.07) is 29.2. The van der Waals surface area contributed by atoms with Crippen molar-refractivity contribution >= 4 is 23.8 Å². The molecule has 148 valence electrons. The highest BCUT2D eigenvalue weighted by atomic mass is 32.2. The third kappa shape index (κ3) is 4.43. The van der Waals surface area contributed by atoms with Gasteiger partial charge in [0.2, 0.25) is 0 Å². The monoisotopic (exact) mass is 407 g/mol. The first-order chi connectivity index (χ1) is 14.1. The fourth-order valence-electron chi connectivity index (χ4n) is 3.26. The SMILES string of the molecule is COC(=O)[C@H](NC(=O)O)SC(c1ccccc1)(c1ccccc1)c1ccccc1. The van der Waals surface area contributed by atoms with Gasteiger partial charge in [-0.25, -0.2) is 9.59 Å². The standard InChI is InChI=1S/C23H21NO4S/c1-28-21(25)20(24-22(26)27)29-23(17-11-5-2-6-12-17,18-13-7-3-8-14-18)19-15-9-4-10-16-19/h2-16,20,24H,1H3,(H,26,27)/t20-/m1/s1. The molecule has 0 saturated carbocycles. The summed E-state index contributed by atoms with van der Waals surface area (Å²) in [7, 11) is 1.24. The van der Waals surface area contributed by atoms with E-state index >= 15 is 0 Å². The molecule has 0 spiro atoms. The first kappa shape index (κ1) is 20.5. The summed E-state index contributed by atoms with van der Waals surface area (Å²) in [6.45, 7) is 0. The minimum Gasteiger partial charge on any atom is -0.467 e. The van der Waals surface area contributed by atoms with Gasteiger partial charge in [0, 0.05) is 0 Å². The number of amides is 1. The van der Waals surface area contributed by atoms with E-state index in [0.717, 1.165) is 16.7 Å². The molecule has 0 saturated heterocycles. The third-order valence-electron chi connectivity index (χ3n) is 4.51. The highest BCUT2D eigenvalue weighted by molar-refractivity contribution is 8.01. The molecular weight excluding hydrogens is 386 g/mol. The Balaban J connectivity index is 2.27. The van der Waals surface area contributed by atoms with Gasteiger partial charge in [-0.15, -0.1) is 11.8 Å². The van der Waals surface area contributed by atoms with E-state index in [4.69, 9.17) is 4.74 Å². The number of carbonyl (C=O) groups excluding carboxylic acids is 1. The van der Waals surface area contributed by atoms with Crippen LogP contribution in [0, 0.1) is 0 Å². The Morgan fingerprint density at radius 2 is 1.21 bits per heavy atom. The Hall–Kier alpha value is -3.25. The molecule has 1 atom stereocenters. The van der Waals surface area contributed by atoms with Crippen LogP contribution < -0.4 is 5.32 Å². The number of benzene rings is 3. The van der Waals surface area contributed by atoms with Gasteiger partial charge in [-0.3, -0.25) is 5.32 Å². The maximum absolute atomic E-state index is 12.5. The van der Waals surface area contributed by atoms with Gasteiger partial charge in [0.15, 0.2) is 5.37 Å². The molecular formula is C23H21NO4S. The molecule has 0 bridgehead atoms. The summed E-state index contributed by atoms with van der Waals surface area (Å²) >= 11 is 1.19. The Morgan fingerprint density at radius 3 is 1.52 bits per heavy atom. The number of nitrogens with one attached hydrogen (secondary N) is 1. The molecule has 0 heterocycles. The van der Waals surface area contributed by atoms with E-state index in [1.807, 2.05) is 91.0 Å². The lowest BCUT2D eigenvalue weighted by Crippen LogP contribution is -2.42. The van der Waals surface area contributed by atoms with Gasteiger partial charge in [-0.05, 0) is 16.7 Å². The molecule has 0 aromatic heterocycles. The molecule has 0 unspecified atom stereocenters. The number of hydrogen-bond donors (Lipinski definition) is 2. The molecule has 0 fully saturated rings. The van der Waals surface area contributed by atoms with Gasteiger partial charge in [0.25, 0.3) is 0 Å². The van der Waals surface area contributed by atoms with Gasteiger partial charge < -0.3 is 9.84 Å². The molecule has 6 heteroatoms. The Bertz CT molecular complexity index is 852. The van der Waals surface area contributed by atoms with E-state index in [-0.39, 0.29) is 0 Å². The van der Waals surface area contributed by atoms with Crippen molar-refractivity contribution in [2.24, 2.45) is 0 Å². The second-order valence-electron chi connectivity index (χ2n) is 6.25. The number of hydrogen-bond acceptors (Lipinski definition) is 4. The van der Waals surface area contributed by atoms with Crippen molar-refractivity contribution in [1.29, 1.82) is 0 Å². The van der Waals surface area contributed by atoms with Gasteiger partial charge in [0.1, 0.15) is 0 Å². The van der Waals surface area contributed by atoms with Crippen LogP contribution in [0.5, 0.6) is 0 Å². The molecule has 0 aliphatic rings. The quantitative estimate of drug-likeness (QED) is 0.343. The maximum atomic E-state index is 12.5. The van der Waals surface area contributed by atoms with Crippen molar-refractivity contribution < 1.29 is 19.4 Å². The first-order valence-electron chi connectivity index (χ1n) is 8.99. The zero-order valence-corrected chi connectivity index (χ0v) is 16.6. The highest BCUT2D eigenvalue weighted by Gasteiger charge is 2.42. The van der Waals surface area contributed by atoms with E-state index in [9.17, 15) is 14.7 Å². The number of thioether (sulfide) groups is 1. The molecule has 0 radical (unpaired) electrons. The van der Waals surface area contributed by atoms with Gasteiger partial charge in [-0.2, -0.15) is 0 Å². The Labute approximate surface area is 173 Å². The molecule has 0 aliphatic heterocycles. The van der Waals surface area contributed by atoms with Crippen LogP contribution in [0.1, 0.15) is 16.7 Å². The molecule has 5 nitrogen and oxygen atoms in total. The van der Waals surface area contributed by atoms with Crippen molar-refractivity contribution in [1.82, 2.24) is 5.32 Å². The second-order valence-corrected chi connectivity index (χ2v) is 7.57. The molecule has 29 heavy (non-hydrogen) atoms. The second kappa shape index (κ2) is 9.30. The summed E-state index contributed by atoms with van der Waals surface area (Å²) in [5.41, 5.74) is 2.76. The van der Waals surface area contributed by atoms with Crippen LogP contribution in [0.4, 0.5) is 4.79 Å². The number of carboxylic acid groups (broad SMARTS) is 1. The smallest absolute Gasteiger partial charge is 0.406 e. The van der Waals surface area contributed by atoms with Crippen LogP contribution in [0.25, 0.3) is 0 Å². The van der Waals surface area contributed by atoms with Crippen LogP contribution in [-0.2, 0) is 14.3 Å². The van der Waals surface area contributed by atoms with Gasteiger partial charge in [0.05, 0.1) is 11.9 Å². The van der Waals surface area contributed by atoms with E-state index in [2.05, 4.69) is 5.32 Å². The summed E-state index contributed by atoms with van der Waals surface area (Å²) in [6.07, 6.45) is -1.30. The van der Waals surface area contributed by atoms with Crippen LogP contribution in [-0.4, -0.2) is 29.7 Å². The van der Waals surface area contributed by atoms with Crippen molar-refractivity contribution in [2.75, 3.05) is 7.11 Å². The minimum absolute atomic E-state index is 0.662. The fourth-order valence-corrected chi connectivity index (χ4v) is 4.78. The van der Waals surface area contributed by atoms with E-state index < -0.39 is 22.2 Å². The normalized spacial score (nSPS) is 12.0. The Morgan fingerprint density at radius 1 is 0.828 bits per heavy atom. The topological polar surface area (TPSA) is 75.6 Å². The Kier molecular flexibility index (Phi) is 6.57. The average molecular weight is 407 g/mol. The van der Waals surface area contributed by atoms with Crippen molar-refractivity contribution in [3.63, 3.8) is 0 Å². The number of carbonyl (C=O) groups is 2. The number of esters is 1. The number of ether oxygens (including phenoxy) is 1. The maximum Gasteiger partial charge on any atom is 0.406 e. The molecule has 3 rings (SSSR count). The lowest BCUT2D eigenvalue weighted by molar-refractivity contribution is -0.140. The average Bonchev–Trinajstić information content (AvgIpc) is 2.77. The fraction of sp³-hybridized carbons (Fsp3) is 0.130. The van der Waals surface area contributed by atoms with Gasteiger partial charge in [-0.1, -0.05) is 91.0 Å². The number of methoxy groups -OCH3 is 1. The predicted molar refractivity (Wildman–Crippen MR) is 114 cm³/mol. The third-order valence-corrected chi connectivity index (χ3v) is 6.11. The molecule has 1 amide bonds. The van der Waals surface area contributed by atoms with E-state index in [0.29, 0.717) is 0 Å². The highest BCUT2D eigenvalue weighted by Crippen LogP contribution is 2.49. The summed E-state index contributed by atoms with van der Waals surface area (Å²) < 4.78 is 4.04.